The molecule has 1 nitrogen and oxygen atoms in total. The highest BCUT2D eigenvalue weighted by Gasteiger charge is 2.40. The zero-order valence-corrected chi connectivity index (χ0v) is 8.55. The van der Waals surface area contributed by atoms with E-state index in [1.165, 1.54) is 32.1 Å². The van der Waals surface area contributed by atoms with Crippen LogP contribution < -0.4 is 5.73 Å². The fourth-order valence-electron chi connectivity index (χ4n) is 2.43. The SMILES string of the molecule is CCCC(CCC)C1CC1CN. The summed E-state index contributed by atoms with van der Waals surface area (Å²) in [4.78, 5) is 0. The number of hydrogen-bond donors (Lipinski definition) is 1. The predicted molar refractivity (Wildman–Crippen MR) is 54.0 cm³/mol. The van der Waals surface area contributed by atoms with Gasteiger partial charge in [0.05, 0.1) is 0 Å². The number of hydrogen-bond acceptors (Lipinski definition) is 1. The molecule has 1 aliphatic rings. The molecule has 1 aliphatic carbocycles. The van der Waals surface area contributed by atoms with Crippen molar-refractivity contribution in [3.05, 3.63) is 0 Å². The maximum atomic E-state index is 5.65. The Morgan fingerprint density at radius 1 is 1.25 bits per heavy atom. The molecule has 0 saturated heterocycles. The molecular weight excluding hydrogens is 146 g/mol. The summed E-state index contributed by atoms with van der Waals surface area (Å²) in [6.07, 6.45) is 6.96. The Kier molecular flexibility index (Phi) is 4.07. The topological polar surface area (TPSA) is 26.0 Å². The van der Waals surface area contributed by atoms with Gasteiger partial charge in [0.2, 0.25) is 0 Å². The summed E-state index contributed by atoms with van der Waals surface area (Å²) >= 11 is 0. The first-order chi connectivity index (χ1) is 5.83. The standard InChI is InChI=1S/C11H23N/c1-3-5-9(6-4-2)11-7-10(11)8-12/h9-11H,3-8,12H2,1-2H3. The molecule has 2 N–H and O–H groups in total. The van der Waals surface area contributed by atoms with Gasteiger partial charge in [-0.2, -0.15) is 0 Å². The zero-order chi connectivity index (χ0) is 8.97. The molecule has 12 heavy (non-hydrogen) atoms. The van der Waals surface area contributed by atoms with Crippen molar-refractivity contribution in [2.45, 2.75) is 46.0 Å². The van der Waals surface area contributed by atoms with Crippen molar-refractivity contribution in [1.82, 2.24) is 0 Å². The van der Waals surface area contributed by atoms with E-state index in [0.29, 0.717) is 0 Å². The van der Waals surface area contributed by atoms with Crippen LogP contribution in [0.4, 0.5) is 0 Å². The third-order valence-corrected chi connectivity index (χ3v) is 3.20. The first-order valence-electron chi connectivity index (χ1n) is 5.53. The van der Waals surface area contributed by atoms with Crippen LogP contribution in [0.25, 0.3) is 0 Å². The van der Waals surface area contributed by atoms with Crippen LogP contribution in [0.3, 0.4) is 0 Å². The molecule has 0 aliphatic heterocycles. The van der Waals surface area contributed by atoms with Gasteiger partial charge in [0.15, 0.2) is 0 Å². The van der Waals surface area contributed by atoms with Gasteiger partial charge in [-0.3, -0.25) is 0 Å². The summed E-state index contributed by atoms with van der Waals surface area (Å²) < 4.78 is 0. The van der Waals surface area contributed by atoms with E-state index in [1.54, 1.807) is 0 Å². The molecule has 0 aromatic heterocycles. The lowest BCUT2D eigenvalue weighted by atomic mass is 9.92. The summed E-state index contributed by atoms with van der Waals surface area (Å²) in [5.41, 5.74) is 5.65. The van der Waals surface area contributed by atoms with E-state index < -0.39 is 0 Å². The van der Waals surface area contributed by atoms with Crippen LogP contribution in [0.2, 0.25) is 0 Å². The summed E-state index contributed by atoms with van der Waals surface area (Å²) in [6, 6.07) is 0. The van der Waals surface area contributed by atoms with Crippen LogP contribution in [-0.4, -0.2) is 6.54 Å². The third-order valence-electron chi connectivity index (χ3n) is 3.20. The van der Waals surface area contributed by atoms with Crippen LogP contribution in [0.5, 0.6) is 0 Å². The van der Waals surface area contributed by atoms with Gasteiger partial charge in [-0.15, -0.1) is 0 Å². The van der Waals surface area contributed by atoms with E-state index >= 15 is 0 Å². The molecule has 0 aromatic rings. The maximum absolute atomic E-state index is 5.65. The summed E-state index contributed by atoms with van der Waals surface area (Å²) in [5.74, 6) is 2.87. The zero-order valence-electron chi connectivity index (χ0n) is 8.55. The van der Waals surface area contributed by atoms with Crippen LogP contribution in [-0.2, 0) is 0 Å². The van der Waals surface area contributed by atoms with Crippen molar-refractivity contribution in [2.24, 2.45) is 23.5 Å². The van der Waals surface area contributed by atoms with Gasteiger partial charge in [-0.1, -0.05) is 39.5 Å². The largest absolute Gasteiger partial charge is 0.330 e. The molecule has 0 heterocycles. The first-order valence-corrected chi connectivity index (χ1v) is 5.53. The second-order valence-electron chi connectivity index (χ2n) is 4.23. The molecule has 1 fully saturated rings. The smallest absolute Gasteiger partial charge is 0.00460 e. The molecule has 1 rings (SSSR count). The van der Waals surface area contributed by atoms with Crippen LogP contribution in [0.15, 0.2) is 0 Å². The van der Waals surface area contributed by atoms with Crippen molar-refractivity contribution in [3.8, 4) is 0 Å². The Hall–Kier alpha value is -0.0400. The third kappa shape index (κ3) is 2.48. The Labute approximate surface area is 76.7 Å². The lowest BCUT2D eigenvalue weighted by Gasteiger charge is -2.14. The normalized spacial score (nSPS) is 28.0. The molecule has 0 amide bonds. The van der Waals surface area contributed by atoms with E-state index in [-0.39, 0.29) is 0 Å². The van der Waals surface area contributed by atoms with Gasteiger partial charge >= 0.3 is 0 Å². The summed E-state index contributed by atoms with van der Waals surface area (Å²) in [6.45, 7) is 5.51. The van der Waals surface area contributed by atoms with E-state index in [2.05, 4.69) is 13.8 Å². The molecule has 0 aromatic carbocycles. The van der Waals surface area contributed by atoms with Crippen molar-refractivity contribution in [2.75, 3.05) is 6.54 Å². The minimum Gasteiger partial charge on any atom is -0.330 e. The second-order valence-corrected chi connectivity index (χ2v) is 4.23. The average molecular weight is 169 g/mol. The van der Waals surface area contributed by atoms with Gasteiger partial charge in [-0.05, 0) is 30.7 Å². The van der Waals surface area contributed by atoms with Crippen molar-refractivity contribution >= 4 is 0 Å². The Morgan fingerprint density at radius 3 is 2.17 bits per heavy atom. The van der Waals surface area contributed by atoms with Crippen molar-refractivity contribution in [1.29, 1.82) is 0 Å². The fourth-order valence-corrected chi connectivity index (χ4v) is 2.43. The lowest BCUT2D eigenvalue weighted by molar-refractivity contribution is 0.372. The van der Waals surface area contributed by atoms with Gasteiger partial charge in [0, 0.05) is 0 Å². The summed E-state index contributed by atoms with van der Waals surface area (Å²) in [7, 11) is 0. The molecule has 1 heteroatoms. The van der Waals surface area contributed by atoms with E-state index in [4.69, 9.17) is 5.73 Å². The fraction of sp³-hybridized carbons (Fsp3) is 1.00. The highest BCUT2D eigenvalue weighted by molar-refractivity contribution is 4.91. The van der Waals surface area contributed by atoms with Gasteiger partial charge in [0.25, 0.3) is 0 Å². The quantitative estimate of drug-likeness (QED) is 0.650. The van der Waals surface area contributed by atoms with Gasteiger partial charge < -0.3 is 5.73 Å². The summed E-state index contributed by atoms with van der Waals surface area (Å²) in [5, 5.41) is 0. The highest BCUT2D eigenvalue weighted by Crippen LogP contribution is 2.46. The maximum Gasteiger partial charge on any atom is -0.00460 e. The predicted octanol–water partition coefficient (Wildman–Crippen LogP) is 2.80. The molecule has 0 spiro atoms. The molecule has 2 unspecified atom stereocenters. The molecule has 0 bridgehead atoms. The number of rotatable bonds is 6. The molecule has 2 atom stereocenters. The highest BCUT2D eigenvalue weighted by atomic mass is 14.6. The average Bonchev–Trinajstić information content (AvgIpc) is 2.83. The monoisotopic (exact) mass is 169 g/mol. The van der Waals surface area contributed by atoms with Crippen LogP contribution in [0, 0.1) is 17.8 Å². The van der Waals surface area contributed by atoms with E-state index in [9.17, 15) is 0 Å². The van der Waals surface area contributed by atoms with Gasteiger partial charge in [-0.25, -0.2) is 0 Å². The number of nitrogens with two attached hydrogens (primary N) is 1. The minimum absolute atomic E-state index is 0.882. The molecule has 0 radical (unpaired) electrons. The van der Waals surface area contributed by atoms with Crippen molar-refractivity contribution in [3.63, 3.8) is 0 Å². The van der Waals surface area contributed by atoms with Crippen LogP contribution in [0.1, 0.15) is 46.0 Å². The van der Waals surface area contributed by atoms with Crippen molar-refractivity contribution < 1.29 is 0 Å². The van der Waals surface area contributed by atoms with Gasteiger partial charge in [0.1, 0.15) is 0 Å². The second kappa shape index (κ2) is 4.86. The lowest BCUT2D eigenvalue weighted by Crippen LogP contribution is -2.09. The minimum atomic E-state index is 0.882. The Bertz CT molecular complexity index is 116. The van der Waals surface area contributed by atoms with Crippen LogP contribution >= 0.6 is 0 Å². The first kappa shape index (κ1) is 10.0. The Morgan fingerprint density at radius 2 is 1.83 bits per heavy atom. The molecular formula is C11H23N. The molecule has 72 valence electrons. The van der Waals surface area contributed by atoms with E-state index in [1.807, 2.05) is 0 Å². The Balaban J connectivity index is 2.24. The molecule has 1 saturated carbocycles. The van der Waals surface area contributed by atoms with E-state index in [0.717, 1.165) is 24.3 Å².